The Morgan fingerprint density at radius 2 is 1.51 bits per heavy atom. The third-order valence-corrected chi connectivity index (χ3v) is 6.99. The molecule has 0 aliphatic heterocycles. The van der Waals surface area contributed by atoms with Crippen molar-refractivity contribution in [1.29, 1.82) is 0 Å². The zero-order valence-corrected chi connectivity index (χ0v) is 22.9. The number of methoxy groups -OCH3 is 1. The number of amides is 2. The number of rotatable bonds is 9. The summed E-state index contributed by atoms with van der Waals surface area (Å²) >= 11 is 0. The topological polar surface area (TPSA) is 85.4 Å². The van der Waals surface area contributed by atoms with Gasteiger partial charge in [-0.2, -0.15) is 0 Å². The first-order chi connectivity index (χ1) is 17.7. The van der Waals surface area contributed by atoms with Crippen LogP contribution in [0.3, 0.4) is 0 Å². The van der Waals surface area contributed by atoms with Gasteiger partial charge in [-0.25, -0.2) is 9.59 Å². The summed E-state index contributed by atoms with van der Waals surface area (Å²) < 4.78 is 18.0. The van der Waals surface area contributed by atoms with Crippen molar-refractivity contribution in [3.63, 3.8) is 0 Å². The van der Waals surface area contributed by atoms with Crippen LogP contribution in [0.4, 0.5) is 9.59 Å². The van der Waals surface area contributed by atoms with Crippen molar-refractivity contribution >= 4 is 18.0 Å². The van der Waals surface area contributed by atoms with Crippen LogP contribution in [0.5, 0.6) is 5.75 Å². The average Bonchev–Trinajstić information content (AvgIpc) is 3.13. The van der Waals surface area contributed by atoms with Crippen LogP contribution < -0.4 is 4.74 Å². The lowest BCUT2D eigenvalue weighted by molar-refractivity contribution is -0.0832. The first-order valence-corrected chi connectivity index (χ1v) is 12.9. The summed E-state index contributed by atoms with van der Waals surface area (Å²) in [6, 6.07) is 12.4. The smallest absolute Gasteiger partial charge is 0.415 e. The molecule has 0 N–H and O–H groups in total. The number of Topliss-reactive ketones (excluding diaryl/α,β-unsaturated/α-hetero) is 1. The summed E-state index contributed by atoms with van der Waals surface area (Å²) in [5, 5.41) is 0. The predicted octanol–water partition coefficient (Wildman–Crippen LogP) is 5.91. The molecule has 2 aromatic carbocycles. The number of benzene rings is 2. The van der Waals surface area contributed by atoms with E-state index in [2.05, 4.69) is 0 Å². The van der Waals surface area contributed by atoms with E-state index in [4.69, 9.17) is 14.2 Å². The molecule has 2 amide bonds. The number of hydrogen-bond acceptors (Lipinski definition) is 6. The molecule has 2 unspecified atom stereocenters. The SMILES string of the molecule is CCN(CC)C(=O)Oc1cc(C(C)C)ccc1C1(OC(=O)N(CC)CC)C(=O)c2ccccc2C1OC. The summed E-state index contributed by atoms with van der Waals surface area (Å²) in [4.78, 5) is 43.7. The number of hydrogen-bond donors (Lipinski definition) is 0. The van der Waals surface area contributed by atoms with Crippen molar-refractivity contribution in [1.82, 2.24) is 9.80 Å². The normalized spacial score (nSPS) is 18.5. The monoisotopic (exact) mass is 510 g/mol. The van der Waals surface area contributed by atoms with Gasteiger partial charge < -0.3 is 24.0 Å². The summed E-state index contributed by atoms with van der Waals surface area (Å²) in [5.74, 6) is -0.129. The fourth-order valence-electron chi connectivity index (χ4n) is 4.80. The molecule has 0 bridgehead atoms. The highest BCUT2D eigenvalue weighted by Gasteiger charge is 2.60. The predicted molar refractivity (Wildman–Crippen MR) is 141 cm³/mol. The third kappa shape index (κ3) is 5.07. The van der Waals surface area contributed by atoms with Gasteiger partial charge in [-0.1, -0.05) is 50.2 Å². The number of ketones is 1. The Morgan fingerprint density at radius 3 is 2.08 bits per heavy atom. The third-order valence-electron chi connectivity index (χ3n) is 6.99. The van der Waals surface area contributed by atoms with E-state index < -0.39 is 29.7 Å². The highest BCUT2D eigenvalue weighted by atomic mass is 16.6. The van der Waals surface area contributed by atoms with Gasteiger partial charge in [0.05, 0.1) is 0 Å². The van der Waals surface area contributed by atoms with Crippen LogP contribution in [0, 0.1) is 0 Å². The van der Waals surface area contributed by atoms with Crippen LogP contribution in [0.1, 0.15) is 80.6 Å². The van der Waals surface area contributed by atoms with Crippen molar-refractivity contribution in [2.75, 3.05) is 33.3 Å². The van der Waals surface area contributed by atoms with Crippen LogP contribution in [0.15, 0.2) is 42.5 Å². The van der Waals surface area contributed by atoms with Gasteiger partial charge in [-0.3, -0.25) is 4.79 Å². The highest BCUT2D eigenvalue weighted by molar-refractivity contribution is 6.09. The molecule has 200 valence electrons. The molecular weight excluding hydrogens is 472 g/mol. The van der Waals surface area contributed by atoms with Gasteiger partial charge in [0.1, 0.15) is 11.9 Å². The van der Waals surface area contributed by atoms with Crippen molar-refractivity contribution < 1.29 is 28.6 Å². The van der Waals surface area contributed by atoms with Gasteiger partial charge in [0.25, 0.3) is 0 Å². The van der Waals surface area contributed by atoms with E-state index in [1.807, 2.05) is 53.7 Å². The van der Waals surface area contributed by atoms with Crippen LogP contribution in [-0.2, 0) is 15.1 Å². The molecule has 0 radical (unpaired) electrons. The first kappa shape index (κ1) is 28.2. The molecule has 0 fully saturated rings. The molecule has 0 heterocycles. The molecule has 8 heteroatoms. The highest BCUT2D eigenvalue weighted by Crippen LogP contribution is 2.53. The Labute approximate surface area is 219 Å². The molecule has 3 rings (SSSR count). The standard InChI is InChI=1S/C29H38N2O6/c1-8-30(9-2)27(33)36-24-18-20(19(5)6)16-17-23(24)29(37-28(34)31(10-3)11-4)25(32)21-14-12-13-15-22(21)26(29)35-7/h12-19,26H,8-11H2,1-7H3. The Hall–Kier alpha value is -3.39. The number of carbonyl (C=O) groups is 3. The molecular formula is C29H38N2O6. The zero-order chi connectivity index (χ0) is 27.3. The minimum Gasteiger partial charge on any atom is -0.426 e. The second kappa shape index (κ2) is 11.8. The van der Waals surface area contributed by atoms with E-state index >= 15 is 0 Å². The number of carbonyl (C=O) groups excluding carboxylic acids is 3. The lowest BCUT2D eigenvalue weighted by Crippen LogP contribution is -2.46. The Balaban J connectivity index is 2.29. The van der Waals surface area contributed by atoms with Crippen LogP contribution in [0.25, 0.3) is 0 Å². The van der Waals surface area contributed by atoms with Gasteiger partial charge >= 0.3 is 12.2 Å². The molecule has 1 aliphatic carbocycles. The van der Waals surface area contributed by atoms with Crippen LogP contribution in [0.2, 0.25) is 0 Å². The Bertz CT molecular complexity index is 1140. The van der Waals surface area contributed by atoms with Crippen molar-refractivity contribution in [2.24, 2.45) is 0 Å². The molecule has 1 aliphatic rings. The molecule has 2 aromatic rings. The lowest BCUT2D eigenvalue weighted by Gasteiger charge is -2.36. The molecule has 37 heavy (non-hydrogen) atoms. The van der Waals surface area contributed by atoms with Gasteiger partial charge in [-0.05, 0) is 50.8 Å². The second-order valence-electron chi connectivity index (χ2n) is 9.26. The largest absolute Gasteiger partial charge is 0.426 e. The summed E-state index contributed by atoms with van der Waals surface area (Å²) in [6.45, 7) is 13.2. The van der Waals surface area contributed by atoms with E-state index in [1.165, 1.54) is 12.0 Å². The van der Waals surface area contributed by atoms with Gasteiger partial charge in [0, 0.05) is 44.4 Å². The zero-order valence-electron chi connectivity index (χ0n) is 22.9. The second-order valence-corrected chi connectivity index (χ2v) is 9.26. The first-order valence-electron chi connectivity index (χ1n) is 12.9. The van der Waals surface area contributed by atoms with Crippen LogP contribution in [-0.4, -0.2) is 61.1 Å². The average molecular weight is 511 g/mol. The van der Waals surface area contributed by atoms with Gasteiger partial charge in [0.15, 0.2) is 0 Å². The molecule has 0 spiro atoms. The fraction of sp³-hybridized carbons (Fsp3) is 0.483. The number of nitrogens with zero attached hydrogens (tertiary/aromatic N) is 2. The Kier molecular flexibility index (Phi) is 8.97. The maximum absolute atomic E-state index is 14.2. The van der Waals surface area contributed by atoms with E-state index in [9.17, 15) is 14.4 Å². The molecule has 0 aromatic heterocycles. The maximum Gasteiger partial charge on any atom is 0.415 e. The summed E-state index contributed by atoms with van der Waals surface area (Å²) in [5.41, 5.74) is 0.304. The van der Waals surface area contributed by atoms with Gasteiger partial charge in [-0.15, -0.1) is 0 Å². The molecule has 8 nitrogen and oxygen atoms in total. The van der Waals surface area contributed by atoms with Crippen LogP contribution >= 0.6 is 0 Å². The minimum atomic E-state index is -1.88. The number of ether oxygens (including phenoxy) is 3. The van der Waals surface area contributed by atoms with E-state index in [1.54, 1.807) is 35.2 Å². The fourth-order valence-corrected chi connectivity index (χ4v) is 4.80. The quantitative estimate of drug-likeness (QED) is 0.417. The number of fused-ring (bicyclic) bond motifs is 1. The lowest BCUT2D eigenvalue weighted by atomic mass is 9.85. The van der Waals surface area contributed by atoms with Crippen molar-refractivity contribution in [3.8, 4) is 5.75 Å². The van der Waals surface area contributed by atoms with Gasteiger partial charge in [0.2, 0.25) is 11.4 Å². The van der Waals surface area contributed by atoms with E-state index in [0.29, 0.717) is 37.3 Å². The van der Waals surface area contributed by atoms with Crippen molar-refractivity contribution in [3.05, 3.63) is 64.7 Å². The summed E-state index contributed by atoms with van der Waals surface area (Å²) in [7, 11) is 1.48. The maximum atomic E-state index is 14.2. The summed E-state index contributed by atoms with van der Waals surface area (Å²) in [6.07, 6.45) is -2.14. The van der Waals surface area contributed by atoms with E-state index in [-0.39, 0.29) is 17.2 Å². The molecule has 2 atom stereocenters. The van der Waals surface area contributed by atoms with E-state index in [0.717, 1.165) is 5.56 Å². The minimum absolute atomic E-state index is 0.129. The molecule has 0 saturated carbocycles. The van der Waals surface area contributed by atoms with Crippen molar-refractivity contribution in [2.45, 2.75) is 59.2 Å². The Morgan fingerprint density at radius 1 is 0.919 bits per heavy atom. The molecule has 0 saturated heterocycles.